The van der Waals surface area contributed by atoms with Crippen molar-refractivity contribution in [3.63, 3.8) is 0 Å². The minimum atomic E-state index is -0.895. The first kappa shape index (κ1) is 22.5. The number of carbonyl (C=O) groups excluding carboxylic acids is 2. The molecule has 7 nitrogen and oxygen atoms in total. The lowest BCUT2D eigenvalue weighted by Crippen LogP contribution is -2.32. The monoisotopic (exact) mass is 435 g/mol. The fraction of sp³-hybridized carbons (Fsp3) is 0.125. The Morgan fingerprint density at radius 2 is 1.69 bits per heavy atom. The Balaban J connectivity index is 1.55. The van der Waals surface area contributed by atoms with Crippen LogP contribution in [-0.2, 0) is 16.2 Å². The highest BCUT2D eigenvalue weighted by Crippen LogP contribution is 2.28. The predicted octanol–water partition coefficient (Wildman–Crippen LogP) is 3.81. The van der Waals surface area contributed by atoms with Crippen LogP contribution in [0.15, 0.2) is 71.8 Å². The number of ether oxygens (including phenoxy) is 2. The van der Waals surface area contributed by atoms with Crippen LogP contribution in [0.25, 0.3) is 0 Å². The lowest BCUT2D eigenvalue weighted by Gasteiger charge is -2.11. The molecule has 0 unspecified atom stereocenters. The third kappa shape index (κ3) is 6.40. The van der Waals surface area contributed by atoms with Crippen molar-refractivity contribution in [1.82, 2.24) is 5.43 Å². The van der Waals surface area contributed by atoms with E-state index in [4.69, 9.17) is 9.47 Å². The summed E-state index contributed by atoms with van der Waals surface area (Å²) < 4.78 is 24.1. The molecule has 164 valence electrons. The van der Waals surface area contributed by atoms with E-state index in [0.29, 0.717) is 22.7 Å². The van der Waals surface area contributed by atoms with Crippen LogP contribution < -0.4 is 20.2 Å². The number of methoxy groups -OCH3 is 1. The summed E-state index contributed by atoms with van der Waals surface area (Å²) in [5, 5.41) is 6.30. The highest BCUT2D eigenvalue weighted by Gasteiger charge is 2.12. The van der Waals surface area contributed by atoms with Gasteiger partial charge in [0.2, 0.25) is 0 Å². The fourth-order valence-corrected chi connectivity index (χ4v) is 2.67. The first-order chi connectivity index (χ1) is 15.4. The van der Waals surface area contributed by atoms with Gasteiger partial charge in [-0.1, -0.05) is 29.8 Å². The number of halogens is 1. The Morgan fingerprint density at radius 1 is 0.969 bits per heavy atom. The molecule has 3 rings (SSSR count). The van der Waals surface area contributed by atoms with Crippen LogP contribution in [0.4, 0.5) is 10.1 Å². The summed E-state index contributed by atoms with van der Waals surface area (Å²) >= 11 is 0. The summed E-state index contributed by atoms with van der Waals surface area (Å²) in [5.74, 6) is -1.08. The van der Waals surface area contributed by atoms with Crippen LogP contribution in [0.5, 0.6) is 11.5 Å². The molecule has 0 saturated heterocycles. The number of hydrogen-bond donors (Lipinski definition) is 2. The number of hydrogen-bond acceptors (Lipinski definition) is 5. The maximum Gasteiger partial charge on any atom is 0.329 e. The topological polar surface area (TPSA) is 89.0 Å². The summed E-state index contributed by atoms with van der Waals surface area (Å²) in [7, 11) is 1.50. The number of amides is 2. The van der Waals surface area contributed by atoms with Gasteiger partial charge < -0.3 is 14.8 Å². The summed E-state index contributed by atoms with van der Waals surface area (Å²) in [6.45, 7) is 2.17. The fourth-order valence-electron chi connectivity index (χ4n) is 2.67. The van der Waals surface area contributed by atoms with Crippen LogP contribution in [0, 0.1) is 12.7 Å². The third-order valence-corrected chi connectivity index (χ3v) is 4.39. The van der Waals surface area contributed by atoms with E-state index in [1.54, 1.807) is 42.5 Å². The van der Waals surface area contributed by atoms with E-state index in [1.165, 1.54) is 25.5 Å². The average Bonchev–Trinajstić information content (AvgIpc) is 2.80. The molecule has 0 heterocycles. The third-order valence-electron chi connectivity index (χ3n) is 4.39. The Morgan fingerprint density at radius 3 is 2.38 bits per heavy atom. The van der Waals surface area contributed by atoms with Gasteiger partial charge >= 0.3 is 11.8 Å². The van der Waals surface area contributed by atoms with E-state index in [-0.39, 0.29) is 12.4 Å². The molecular weight excluding hydrogens is 413 g/mol. The maximum absolute atomic E-state index is 13.0. The van der Waals surface area contributed by atoms with Gasteiger partial charge in [-0.05, 0) is 60.5 Å². The molecule has 0 aliphatic rings. The molecule has 32 heavy (non-hydrogen) atoms. The Bertz CT molecular complexity index is 1110. The summed E-state index contributed by atoms with van der Waals surface area (Å²) in [5.41, 5.74) is 5.17. The van der Waals surface area contributed by atoms with Gasteiger partial charge in [-0.2, -0.15) is 5.10 Å². The normalized spacial score (nSPS) is 10.6. The highest BCUT2D eigenvalue weighted by atomic mass is 19.1. The van der Waals surface area contributed by atoms with Gasteiger partial charge in [0.15, 0.2) is 11.5 Å². The van der Waals surface area contributed by atoms with Crippen molar-refractivity contribution < 1.29 is 23.5 Å². The zero-order chi connectivity index (χ0) is 22.9. The smallest absolute Gasteiger partial charge is 0.329 e. The van der Waals surface area contributed by atoms with Crippen LogP contribution in [0.3, 0.4) is 0 Å². The summed E-state index contributed by atoms with van der Waals surface area (Å²) in [6.07, 6.45) is 1.38. The molecule has 0 aliphatic carbocycles. The molecule has 2 N–H and O–H groups in total. The molecule has 0 spiro atoms. The molecule has 0 radical (unpaired) electrons. The number of nitrogens with one attached hydrogen (secondary N) is 2. The van der Waals surface area contributed by atoms with Gasteiger partial charge in [-0.3, -0.25) is 9.59 Å². The standard InChI is InChI=1S/C24H22FN3O4/c1-16-3-10-20(11-4-16)27-23(29)24(30)28-26-14-18-7-12-21(22(13-18)31-2)32-15-17-5-8-19(25)9-6-17/h3-14H,15H2,1-2H3,(H,27,29)(H,28,30). The Labute approximate surface area is 184 Å². The molecule has 3 aromatic rings. The maximum atomic E-state index is 13.0. The van der Waals surface area contributed by atoms with Crippen LogP contribution in [0.1, 0.15) is 16.7 Å². The van der Waals surface area contributed by atoms with E-state index in [9.17, 15) is 14.0 Å². The van der Waals surface area contributed by atoms with Crippen LogP contribution in [0.2, 0.25) is 0 Å². The number of hydrazone groups is 1. The van der Waals surface area contributed by atoms with Crippen molar-refractivity contribution in [2.75, 3.05) is 12.4 Å². The van der Waals surface area contributed by atoms with Crippen LogP contribution >= 0.6 is 0 Å². The zero-order valence-electron chi connectivity index (χ0n) is 17.6. The number of carbonyl (C=O) groups is 2. The van der Waals surface area contributed by atoms with E-state index in [2.05, 4.69) is 15.8 Å². The van der Waals surface area contributed by atoms with Gasteiger partial charge in [-0.25, -0.2) is 9.82 Å². The highest BCUT2D eigenvalue weighted by molar-refractivity contribution is 6.39. The summed E-state index contributed by atoms with van der Waals surface area (Å²) in [6, 6.07) is 18.1. The molecule has 0 aliphatic heterocycles. The van der Waals surface area contributed by atoms with E-state index >= 15 is 0 Å². The van der Waals surface area contributed by atoms with Gasteiger partial charge in [0.25, 0.3) is 0 Å². The largest absolute Gasteiger partial charge is 0.493 e. The molecule has 8 heteroatoms. The lowest BCUT2D eigenvalue weighted by atomic mass is 10.2. The Kier molecular flexibility index (Phi) is 7.53. The SMILES string of the molecule is COc1cc(C=NNC(=O)C(=O)Nc2ccc(C)cc2)ccc1OCc1ccc(F)cc1. The molecule has 0 saturated carbocycles. The quantitative estimate of drug-likeness (QED) is 0.336. The first-order valence-electron chi connectivity index (χ1n) is 9.71. The summed E-state index contributed by atoms with van der Waals surface area (Å²) in [4.78, 5) is 23.9. The number of nitrogens with zero attached hydrogens (tertiary/aromatic N) is 1. The Hall–Kier alpha value is -4.20. The molecule has 3 aromatic carbocycles. The van der Waals surface area contributed by atoms with Crippen molar-refractivity contribution in [1.29, 1.82) is 0 Å². The molecule has 0 aromatic heterocycles. The van der Waals surface area contributed by atoms with Crippen molar-refractivity contribution in [3.05, 3.63) is 89.2 Å². The minimum Gasteiger partial charge on any atom is -0.493 e. The lowest BCUT2D eigenvalue weighted by molar-refractivity contribution is -0.136. The zero-order valence-corrected chi connectivity index (χ0v) is 17.6. The van der Waals surface area contributed by atoms with E-state index in [0.717, 1.165) is 11.1 Å². The van der Waals surface area contributed by atoms with Gasteiger partial charge in [0.1, 0.15) is 12.4 Å². The molecule has 0 atom stereocenters. The number of aryl methyl sites for hydroxylation is 1. The molecule has 0 fully saturated rings. The number of rotatable bonds is 7. The minimum absolute atomic E-state index is 0.246. The van der Waals surface area contributed by atoms with E-state index in [1.807, 2.05) is 19.1 Å². The van der Waals surface area contributed by atoms with Crippen molar-refractivity contribution in [3.8, 4) is 11.5 Å². The number of anilines is 1. The van der Waals surface area contributed by atoms with Crippen molar-refractivity contribution in [2.24, 2.45) is 5.10 Å². The molecule has 2 amide bonds. The van der Waals surface area contributed by atoms with Crippen LogP contribution in [-0.4, -0.2) is 25.1 Å². The van der Waals surface area contributed by atoms with Gasteiger partial charge in [0, 0.05) is 5.69 Å². The second-order valence-corrected chi connectivity index (χ2v) is 6.84. The molecule has 0 bridgehead atoms. The van der Waals surface area contributed by atoms with Crippen molar-refractivity contribution >= 4 is 23.7 Å². The molecular formula is C24H22FN3O4. The predicted molar refractivity (Wildman–Crippen MR) is 119 cm³/mol. The van der Waals surface area contributed by atoms with Gasteiger partial charge in [-0.15, -0.1) is 0 Å². The van der Waals surface area contributed by atoms with E-state index < -0.39 is 11.8 Å². The number of benzene rings is 3. The average molecular weight is 435 g/mol. The second kappa shape index (κ2) is 10.7. The van der Waals surface area contributed by atoms with Crippen molar-refractivity contribution in [2.45, 2.75) is 13.5 Å². The first-order valence-corrected chi connectivity index (χ1v) is 9.71. The second-order valence-electron chi connectivity index (χ2n) is 6.84. The van der Waals surface area contributed by atoms with Gasteiger partial charge in [0.05, 0.1) is 13.3 Å².